The third-order valence-corrected chi connectivity index (χ3v) is 3.49. The van der Waals surface area contributed by atoms with Gasteiger partial charge in [-0.1, -0.05) is 0 Å². The van der Waals surface area contributed by atoms with Crippen molar-refractivity contribution >= 4 is 28.7 Å². The summed E-state index contributed by atoms with van der Waals surface area (Å²) >= 11 is 2.19. The highest BCUT2D eigenvalue weighted by Crippen LogP contribution is 2.22. The van der Waals surface area contributed by atoms with E-state index in [2.05, 4.69) is 37.9 Å². The van der Waals surface area contributed by atoms with Crippen molar-refractivity contribution in [1.82, 2.24) is 9.78 Å². The van der Waals surface area contributed by atoms with Gasteiger partial charge in [-0.15, -0.1) is 0 Å². The summed E-state index contributed by atoms with van der Waals surface area (Å²) in [7, 11) is 0. The Morgan fingerprint density at radius 1 is 1.30 bits per heavy atom. The van der Waals surface area contributed by atoms with E-state index in [1.54, 1.807) is 6.08 Å². The minimum atomic E-state index is -0.385. The molecule has 1 aliphatic heterocycles. The van der Waals surface area contributed by atoms with Crippen molar-refractivity contribution in [3.05, 3.63) is 61.7 Å². The Bertz CT molecular complexity index is 783. The number of aromatic nitrogens is 2. The van der Waals surface area contributed by atoms with E-state index in [0.717, 1.165) is 3.57 Å². The number of hydrogen-bond donors (Lipinski definition) is 2. The highest BCUT2D eigenvalue weighted by atomic mass is 127. The van der Waals surface area contributed by atoms with Crippen molar-refractivity contribution in [2.45, 2.75) is 0 Å². The fourth-order valence-corrected chi connectivity index (χ4v) is 2.17. The van der Waals surface area contributed by atoms with Gasteiger partial charge in [-0.2, -0.15) is 10.2 Å². The maximum atomic E-state index is 11.9. The second kappa shape index (κ2) is 5.08. The molecule has 0 radical (unpaired) electrons. The van der Waals surface area contributed by atoms with Crippen LogP contribution in [0.15, 0.2) is 57.3 Å². The van der Waals surface area contributed by atoms with Gasteiger partial charge in [-0.05, 0) is 59.0 Å². The predicted molar refractivity (Wildman–Crippen MR) is 82.7 cm³/mol. The molecule has 7 heteroatoms. The Labute approximate surface area is 127 Å². The van der Waals surface area contributed by atoms with Crippen LogP contribution in [0.4, 0.5) is 0 Å². The third-order valence-electron chi connectivity index (χ3n) is 2.77. The van der Waals surface area contributed by atoms with E-state index >= 15 is 0 Å². The van der Waals surface area contributed by atoms with Crippen LogP contribution in [0, 0.1) is 3.57 Å². The molecule has 6 nitrogen and oxygen atoms in total. The number of aromatic hydroxyl groups is 1. The Kier molecular flexibility index (Phi) is 3.26. The van der Waals surface area contributed by atoms with Crippen LogP contribution in [-0.2, 0) is 0 Å². The molecule has 1 aromatic carbocycles. The summed E-state index contributed by atoms with van der Waals surface area (Å²) < 4.78 is 2.40. The minimum absolute atomic E-state index is 0.154. The molecular formula is C13H9IN4O2. The molecule has 0 spiro atoms. The first-order valence-corrected chi connectivity index (χ1v) is 6.82. The second-order valence-corrected chi connectivity index (χ2v) is 5.34. The number of azo groups is 1. The summed E-state index contributed by atoms with van der Waals surface area (Å²) in [4.78, 5) is 11.9. The third kappa shape index (κ3) is 2.31. The molecular weight excluding hydrogens is 371 g/mol. The quantitative estimate of drug-likeness (QED) is 0.786. The van der Waals surface area contributed by atoms with Gasteiger partial charge in [-0.25, -0.2) is 4.68 Å². The van der Waals surface area contributed by atoms with Crippen LogP contribution in [0.25, 0.3) is 11.8 Å². The lowest BCUT2D eigenvalue weighted by atomic mass is 10.2. The number of rotatable bonds is 2. The zero-order valence-corrected chi connectivity index (χ0v) is 12.3. The summed E-state index contributed by atoms with van der Waals surface area (Å²) in [6.45, 7) is 0. The van der Waals surface area contributed by atoms with Crippen LogP contribution in [0.1, 0.15) is 5.56 Å². The average molecular weight is 380 g/mol. The van der Waals surface area contributed by atoms with Crippen molar-refractivity contribution in [3.8, 4) is 11.6 Å². The molecule has 20 heavy (non-hydrogen) atoms. The molecule has 0 amide bonds. The second-order valence-electron chi connectivity index (χ2n) is 4.09. The van der Waals surface area contributed by atoms with Crippen LogP contribution in [0.5, 0.6) is 5.88 Å². The van der Waals surface area contributed by atoms with Gasteiger partial charge in [0.15, 0.2) is 0 Å². The molecule has 0 fully saturated rings. The maximum Gasteiger partial charge on any atom is 0.275 e. The molecule has 100 valence electrons. The Hall–Kier alpha value is -2.16. The predicted octanol–water partition coefficient (Wildman–Crippen LogP) is 2.80. The highest BCUT2D eigenvalue weighted by Gasteiger charge is 2.14. The topological polar surface area (TPSA) is 82.7 Å². The zero-order valence-electron chi connectivity index (χ0n) is 10.1. The average Bonchev–Trinajstić information content (AvgIpc) is 3.04. The van der Waals surface area contributed by atoms with Gasteiger partial charge in [0.25, 0.3) is 5.56 Å². The lowest BCUT2D eigenvalue weighted by Gasteiger charge is -2.03. The fraction of sp³-hybridized carbons (Fsp3) is 0. The first-order chi connectivity index (χ1) is 9.65. The largest absolute Gasteiger partial charge is 0.493 e. The molecule has 1 aromatic heterocycles. The Balaban J connectivity index is 2.09. The monoisotopic (exact) mass is 380 g/mol. The van der Waals surface area contributed by atoms with E-state index in [-0.39, 0.29) is 17.0 Å². The summed E-state index contributed by atoms with van der Waals surface area (Å²) in [6.07, 6.45) is 4.67. The lowest BCUT2D eigenvalue weighted by molar-refractivity contribution is 0.432. The van der Waals surface area contributed by atoms with Crippen LogP contribution >= 0.6 is 22.6 Å². The van der Waals surface area contributed by atoms with Gasteiger partial charge >= 0.3 is 0 Å². The van der Waals surface area contributed by atoms with E-state index < -0.39 is 0 Å². The standard InChI is InChI=1S/C13H9IN4O2/c14-8-1-3-10(4-2-8)18-13(20)11(12(19)17-18)7-9-5-6-15-16-9/h1-7,20H,(H,17,19)/b9-7-. The van der Waals surface area contributed by atoms with Gasteiger partial charge in [0, 0.05) is 3.57 Å². The fourth-order valence-electron chi connectivity index (χ4n) is 1.81. The minimum Gasteiger partial charge on any atom is -0.493 e. The van der Waals surface area contributed by atoms with Crippen LogP contribution in [0.2, 0.25) is 0 Å². The van der Waals surface area contributed by atoms with Gasteiger partial charge in [-0.3, -0.25) is 9.89 Å². The number of allylic oxidation sites excluding steroid dienone is 1. The molecule has 0 aliphatic carbocycles. The number of benzene rings is 1. The van der Waals surface area contributed by atoms with E-state index in [4.69, 9.17) is 0 Å². The number of nitrogens with zero attached hydrogens (tertiary/aromatic N) is 3. The molecule has 0 saturated carbocycles. The number of nitrogens with one attached hydrogen (secondary N) is 1. The SMILES string of the molecule is O=c1[nH]n(-c2ccc(I)cc2)c(O)c1/C=C1/C=CN=N1. The van der Waals surface area contributed by atoms with E-state index in [1.807, 2.05) is 24.3 Å². The highest BCUT2D eigenvalue weighted by molar-refractivity contribution is 14.1. The molecule has 2 N–H and O–H groups in total. The normalized spacial score (nSPS) is 15.3. The number of halogens is 1. The summed E-state index contributed by atoms with van der Waals surface area (Å²) in [5, 5.41) is 20.2. The lowest BCUT2D eigenvalue weighted by Crippen LogP contribution is -2.05. The van der Waals surface area contributed by atoms with Crippen molar-refractivity contribution in [2.75, 3.05) is 0 Å². The molecule has 0 bridgehead atoms. The van der Waals surface area contributed by atoms with Crippen LogP contribution in [-0.4, -0.2) is 14.9 Å². The number of H-pyrrole nitrogens is 1. The molecule has 0 saturated heterocycles. The summed E-state index contributed by atoms with van der Waals surface area (Å²) in [6, 6.07) is 7.40. The molecule has 0 unspecified atom stereocenters. The van der Waals surface area contributed by atoms with E-state index in [1.165, 1.54) is 17.0 Å². The summed E-state index contributed by atoms with van der Waals surface area (Å²) in [5.74, 6) is -0.154. The van der Waals surface area contributed by atoms with Gasteiger partial charge in [0.1, 0.15) is 5.56 Å². The Morgan fingerprint density at radius 3 is 2.70 bits per heavy atom. The molecule has 2 aromatic rings. The van der Waals surface area contributed by atoms with Gasteiger partial charge in [0.05, 0.1) is 17.6 Å². The number of aromatic amines is 1. The summed E-state index contributed by atoms with van der Waals surface area (Å²) in [5.41, 5.74) is 0.965. The first kappa shape index (κ1) is 12.9. The van der Waals surface area contributed by atoms with Crippen molar-refractivity contribution in [3.63, 3.8) is 0 Å². The van der Waals surface area contributed by atoms with E-state index in [9.17, 15) is 9.90 Å². The zero-order chi connectivity index (χ0) is 14.1. The molecule has 1 aliphatic rings. The van der Waals surface area contributed by atoms with E-state index in [0.29, 0.717) is 11.4 Å². The smallest absolute Gasteiger partial charge is 0.275 e. The maximum absolute atomic E-state index is 11.9. The first-order valence-electron chi connectivity index (χ1n) is 5.74. The van der Waals surface area contributed by atoms with Crippen LogP contribution in [0.3, 0.4) is 0 Å². The molecule has 2 heterocycles. The van der Waals surface area contributed by atoms with Crippen molar-refractivity contribution in [2.24, 2.45) is 10.2 Å². The van der Waals surface area contributed by atoms with Crippen molar-refractivity contribution in [1.29, 1.82) is 0 Å². The van der Waals surface area contributed by atoms with Crippen LogP contribution < -0.4 is 5.56 Å². The molecule has 3 rings (SSSR count). The molecule has 0 atom stereocenters. The van der Waals surface area contributed by atoms with Crippen molar-refractivity contribution < 1.29 is 5.11 Å². The van der Waals surface area contributed by atoms with Gasteiger partial charge in [0.2, 0.25) is 5.88 Å². The van der Waals surface area contributed by atoms with Gasteiger partial charge < -0.3 is 5.11 Å². The number of hydrogen-bond acceptors (Lipinski definition) is 4. The Morgan fingerprint density at radius 2 is 2.05 bits per heavy atom.